The number of carbonyl (C=O) groups excluding carboxylic acids is 1. The van der Waals surface area contributed by atoms with Crippen molar-refractivity contribution in [1.82, 2.24) is 0 Å². The van der Waals surface area contributed by atoms with Gasteiger partial charge in [0, 0.05) is 0 Å². The van der Waals surface area contributed by atoms with Gasteiger partial charge < -0.3 is 9.47 Å². The fraction of sp³-hybridized carbons (Fsp3) is 0.917. The summed E-state index contributed by atoms with van der Waals surface area (Å²) in [5, 5.41) is 0. The van der Waals surface area contributed by atoms with Gasteiger partial charge in [-0.15, -0.1) is 0 Å². The first-order valence-corrected chi connectivity index (χ1v) is 5.99. The molecule has 4 heteroatoms. The van der Waals surface area contributed by atoms with Crippen LogP contribution in [0.4, 0.5) is 4.39 Å². The molecule has 94 valence electrons. The number of alkyl halides is 1. The van der Waals surface area contributed by atoms with Crippen LogP contribution in [0.25, 0.3) is 0 Å². The lowest BCUT2D eigenvalue weighted by molar-refractivity contribution is -0.180. The molecule has 0 saturated heterocycles. The molecule has 0 aliphatic heterocycles. The van der Waals surface area contributed by atoms with E-state index in [-0.39, 0.29) is 12.7 Å². The zero-order valence-corrected chi connectivity index (χ0v) is 10.2. The summed E-state index contributed by atoms with van der Waals surface area (Å²) in [6, 6.07) is 0. The van der Waals surface area contributed by atoms with E-state index in [2.05, 4.69) is 18.6 Å². The fourth-order valence-corrected chi connectivity index (χ4v) is 2.42. The van der Waals surface area contributed by atoms with Gasteiger partial charge in [-0.3, -0.25) is 0 Å². The molecule has 1 aliphatic carbocycles. The SMILES string of the molecule is CCOC(=O)C(F)OC1CC(C)CC(C)C1. The molecule has 1 rings (SSSR count). The second-order valence-electron chi connectivity index (χ2n) is 4.74. The number of carbonyl (C=O) groups is 1. The van der Waals surface area contributed by atoms with Crippen LogP contribution < -0.4 is 0 Å². The molecule has 1 saturated carbocycles. The summed E-state index contributed by atoms with van der Waals surface area (Å²) in [6.07, 6.45) is 0.713. The lowest BCUT2D eigenvalue weighted by Gasteiger charge is -2.31. The van der Waals surface area contributed by atoms with Gasteiger partial charge in [0.25, 0.3) is 6.36 Å². The Kier molecular flexibility index (Phi) is 5.19. The monoisotopic (exact) mass is 232 g/mol. The van der Waals surface area contributed by atoms with Crippen LogP contribution >= 0.6 is 0 Å². The molecule has 0 heterocycles. The Bertz CT molecular complexity index is 222. The van der Waals surface area contributed by atoms with Crippen LogP contribution in [0.3, 0.4) is 0 Å². The third-order valence-electron chi connectivity index (χ3n) is 2.92. The Morgan fingerprint density at radius 2 is 1.88 bits per heavy atom. The minimum absolute atomic E-state index is 0.154. The Morgan fingerprint density at radius 1 is 1.31 bits per heavy atom. The van der Waals surface area contributed by atoms with Crippen LogP contribution in [0.15, 0.2) is 0 Å². The molecule has 0 N–H and O–H groups in total. The second-order valence-corrected chi connectivity index (χ2v) is 4.74. The number of esters is 1. The van der Waals surface area contributed by atoms with Crippen LogP contribution in [0, 0.1) is 11.8 Å². The maximum absolute atomic E-state index is 13.3. The zero-order chi connectivity index (χ0) is 12.1. The molecule has 0 aromatic rings. The molecule has 3 unspecified atom stereocenters. The van der Waals surface area contributed by atoms with Crippen molar-refractivity contribution < 1.29 is 18.7 Å². The van der Waals surface area contributed by atoms with Crippen molar-refractivity contribution in [3.05, 3.63) is 0 Å². The maximum Gasteiger partial charge on any atom is 0.368 e. The van der Waals surface area contributed by atoms with E-state index in [1.807, 2.05) is 0 Å². The fourth-order valence-electron chi connectivity index (χ4n) is 2.42. The van der Waals surface area contributed by atoms with Crippen LogP contribution in [0.1, 0.15) is 40.0 Å². The molecule has 0 amide bonds. The van der Waals surface area contributed by atoms with Gasteiger partial charge in [0.15, 0.2) is 0 Å². The Morgan fingerprint density at radius 3 is 2.38 bits per heavy atom. The second kappa shape index (κ2) is 6.18. The summed E-state index contributed by atoms with van der Waals surface area (Å²) in [5.41, 5.74) is 0. The largest absolute Gasteiger partial charge is 0.462 e. The molecular weight excluding hydrogens is 211 g/mol. The summed E-state index contributed by atoms with van der Waals surface area (Å²) in [4.78, 5) is 11.1. The van der Waals surface area contributed by atoms with E-state index in [9.17, 15) is 9.18 Å². The van der Waals surface area contributed by atoms with Gasteiger partial charge in [0.2, 0.25) is 0 Å². The highest BCUT2D eigenvalue weighted by Gasteiger charge is 2.29. The first-order valence-electron chi connectivity index (χ1n) is 5.99. The molecule has 1 fully saturated rings. The minimum atomic E-state index is -1.93. The number of hydrogen-bond acceptors (Lipinski definition) is 3. The van der Waals surface area contributed by atoms with Crippen molar-refractivity contribution >= 4 is 5.97 Å². The topological polar surface area (TPSA) is 35.5 Å². The summed E-state index contributed by atoms with van der Waals surface area (Å²) >= 11 is 0. The van der Waals surface area contributed by atoms with Crippen molar-refractivity contribution in [3.63, 3.8) is 0 Å². The van der Waals surface area contributed by atoms with Gasteiger partial charge in [-0.2, -0.15) is 0 Å². The molecule has 0 spiro atoms. The summed E-state index contributed by atoms with van der Waals surface area (Å²) < 4.78 is 23.0. The smallest absolute Gasteiger partial charge is 0.368 e. The molecule has 3 nitrogen and oxygen atoms in total. The highest BCUT2D eigenvalue weighted by molar-refractivity contribution is 5.72. The quantitative estimate of drug-likeness (QED) is 0.699. The van der Waals surface area contributed by atoms with Gasteiger partial charge >= 0.3 is 5.97 Å². The molecule has 1 aliphatic rings. The number of hydrogen-bond donors (Lipinski definition) is 0. The van der Waals surface area contributed by atoms with Crippen LogP contribution in [0.5, 0.6) is 0 Å². The lowest BCUT2D eigenvalue weighted by Crippen LogP contribution is -2.32. The van der Waals surface area contributed by atoms with E-state index in [0.29, 0.717) is 11.8 Å². The lowest BCUT2D eigenvalue weighted by atomic mass is 9.82. The summed E-state index contributed by atoms with van der Waals surface area (Å²) in [7, 11) is 0. The first-order chi connectivity index (χ1) is 7.52. The average Bonchev–Trinajstić information content (AvgIpc) is 2.16. The summed E-state index contributed by atoms with van der Waals surface area (Å²) in [5.74, 6) is 0.152. The average molecular weight is 232 g/mol. The van der Waals surface area contributed by atoms with E-state index in [4.69, 9.17) is 4.74 Å². The number of rotatable bonds is 4. The van der Waals surface area contributed by atoms with E-state index in [0.717, 1.165) is 19.3 Å². The molecule has 3 atom stereocenters. The van der Waals surface area contributed by atoms with E-state index in [1.165, 1.54) is 0 Å². The predicted octanol–water partition coefficient (Wildman–Crippen LogP) is 2.69. The van der Waals surface area contributed by atoms with Crippen LogP contribution in [-0.2, 0) is 14.3 Å². The predicted molar refractivity (Wildman–Crippen MR) is 58.6 cm³/mol. The van der Waals surface area contributed by atoms with Crippen molar-refractivity contribution in [3.8, 4) is 0 Å². The minimum Gasteiger partial charge on any atom is -0.462 e. The van der Waals surface area contributed by atoms with Gasteiger partial charge in [-0.25, -0.2) is 9.18 Å². The van der Waals surface area contributed by atoms with Crippen molar-refractivity contribution in [2.24, 2.45) is 11.8 Å². The van der Waals surface area contributed by atoms with Crippen molar-refractivity contribution in [1.29, 1.82) is 0 Å². The molecule has 0 bridgehead atoms. The van der Waals surface area contributed by atoms with Crippen molar-refractivity contribution in [2.75, 3.05) is 6.61 Å². The highest BCUT2D eigenvalue weighted by atomic mass is 19.1. The summed E-state index contributed by atoms with van der Waals surface area (Å²) in [6.45, 7) is 6.09. The zero-order valence-electron chi connectivity index (χ0n) is 10.2. The molecule has 0 aromatic carbocycles. The Labute approximate surface area is 96.3 Å². The molecular formula is C12H21FO3. The molecule has 16 heavy (non-hydrogen) atoms. The molecule has 0 aromatic heterocycles. The normalized spacial score (nSPS) is 32.1. The van der Waals surface area contributed by atoms with E-state index < -0.39 is 12.3 Å². The Balaban J connectivity index is 2.38. The van der Waals surface area contributed by atoms with Gasteiger partial charge in [-0.1, -0.05) is 13.8 Å². The van der Waals surface area contributed by atoms with Gasteiger partial charge in [-0.05, 0) is 38.0 Å². The van der Waals surface area contributed by atoms with E-state index >= 15 is 0 Å². The first kappa shape index (κ1) is 13.4. The van der Waals surface area contributed by atoms with Crippen LogP contribution in [0.2, 0.25) is 0 Å². The Hall–Kier alpha value is -0.640. The van der Waals surface area contributed by atoms with Gasteiger partial charge in [0.1, 0.15) is 0 Å². The van der Waals surface area contributed by atoms with Crippen LogP contribution in [-0.4, -0.2) is 25.0 Å². The third-order valence-corrected chi connectivity index (χ3v) is 2.92. The maximum atomic E-state index is 13.3. The number of halogens is 1. The third kappa shape index (κ3) is 4.08. The number of ether oxygens (including phenoxy) is 2. The highest BCUT2D eigenvalue weighted by Crippen LogP contribution is 2.31. The van der Waals surface area contributed by atoms with Crippen molar-refractivity contribution in [2.45, 2.75) is 52.5 Å². The van der Waals surface area contributed by atoms with Gasteiger partial charge in [0.05, 0.1) is 12.7 Å². The molecule has 0 radical (unpaired) electrons. The standard InChI is InChI=1S/C12H21FO3/c1-4-15-12(14)11(13)16-10-6-8(2)5-9(3)7-10/h8-11H,4-7H2,1-3H3. The van der Waals surface area contributed by atoms with E-state index in [1.54, 1.807) is 6.92 Å².